The quantitative estimate of drug-likeness (QED) is 0.693. The van der Waals surface area contributed by atoms with Gasteiger partial charge in [0, 0.05) is 17.7 Å². The third-order valence-electron chi connectivity index (χ3n) is 4.53. The van der Waals surface area contributed by atoms with E-state index in [9.17, 15) is 18.0 Å². The van der Waals surface area contributed by atoms with Crippen LogP contribution in [-0.2, 0) is 25.6 Å². The molecule has 0 bridgehead atoms. The number of nitrogens with zero attached hydrogens (tertiary/aromatic N) is 3. The fraction of sp³-hybridized carbons (Fsp3) is 0.211. The zero-order valence-electron chi connectivity index (χ0n) is 14.0. The van der Waals surface area contributed by atoms with Crippen LogP contribution in [0.3, 0.4) is 0 Å². The fourth-order valence-electron chi connectivity index (χ4n) is 3.24. The van der Waals surface area contributed by atoms with Crippen molar-refractivity contribution >= 4 is 11.6 Å². The van der Waals surface area contributed by atoms with Crippen LogP contribution in [0.1, 0.15) is 32.9 Å². The fourth-order valence-corrected chi connectivity index (χ4v) is 3.24. The summed E-state index contributed by atoms with van der Waals surface area (Å²) in [5, 5.41) is 7.43. The summed E-state index contributed by atoms with van der Waals surface area (Å²) in [5.74, 6) is 0.0741. The number of hydrogen-bond acceptors (Lipinski definition) is 4. The van der Waals surface area contributed by atoms with Gasteiger partial charge in [0.05, 0.1) is 12.1 Å². The molecule has 27 heavy (non-hydrogen) atoms. The highest BCUT2D eigenvalue weighted by Gasteiger charge is 2.39. The number of aromatic nitrogens is 2. The molecule has 4 rings (SSSR count). The Morgan fingerprint density at radius 3 is 2.67 bits per heavy atom. The van der Waals surface area contributed by atoms with Crippen molar-refractivity contribution in [1.29, 1.82) is 0 Å². The molecule has 0 radical (unpaired) electrons. The normalized spacial score (nSPS) is 13.9. The van der Waals surface area contributed by atoms with Crippen molar-refractivity contribution in [2.45, 2.75) is 25.6 Å². The first-order chi connectivity index (χ1) is 12.9. The Bertz CT molecular complexity index is 984. The molecule has 138 valence electrons. The highest BCUT2D eigenvalue weighted by Crippen LogP contribution is 2.38. The Morgan fingerprint density at radius 2 is 1.93 bits per heavy atom. The molecule has 1 aliphatic heterocycles. The first kappa shape index (κ1) is 17.3. The number of hydrogen-bond donors (Lipinski definition) is 0. The molecule has 2 heterocycles. The lowest BCUT2D eigenvalue weighted by Crippen LogP contribution is -2.23. The van der Waals surface area contributed by atoms with Gasteiger partial charge in [-0.3, -0.25) is 4.79 Å². The number of amides is 1. The summed E-state index contributed by atoms with van der Waals surface area (Å²) in [5.41, 5.74) is 0.841. The summed E-state index contributed by atoms with van der Waals surface area (Å²) in [6, 6.07) is 10.9. The molecule has 1 aromatic heterocycles. The van der Waals surface area contributed by atoms with Crippen LogP contribution in [-0.4, -0.2) is 16.1 Å². The molecule has 1 aliphatic rings. The number of benzene rings is 2. The number of carbonyl (C=O) groups excluding carboxylic acids is 1. The molecule has 0 saturated carbocycles. The van der Waals surface area contributed by atoms with E-state index in [2.05, 4.69) is 10.2 Å². The summed E-state index contributed by atoms with van der Waals surface area (Å²) in [6.45, 7) is -0.100. The van der Waals surface area contributed by atoms with Gasteiger partial charge in [-0.15, -0.1) is 10.2 Å². The minimum Gasteiger partial charge on any atom is -0.428 e. The van der Waals surface area contributed by atoms with Crippen LogP contribution < -0.4 is 4.90 Å². The molecule has 0 aliphatic carbocycles. The van der Waals surface area contributed by atoms with Gasteiger partial charge in [-0.25, -0.2) is 0 Å². The summed E-state index contributed by atoms with van der Waals surface area (Å²) >= 11 is 0. The Hall–Kier alpha value is -3.16. The highest BCUT2D eigenvalue weighted by molar-refractivity contribution is 6.10. The number of halogens is 3. The van der Waals surface area contributed by atoms with E-state index in [1.807, 2.05) is 6.07 Å². The summed E-state index contributed by atoms with van der Waals surface area (Å²) < 4.78 is 44.8. The molecular formula is C19H14F3N3O2. The molecule has 8 heteroatoms. The molecule has 0 fully saturated rings. The molecule has 5 nitrogen and oxygen atoms in total. The molecule has 0 unspecified atom stereocenters. The average Bonchev–Trinajstić information content (AvgIpc) is 3.27. The second-order valence-electron chi connectivity index (χ2n) is 6.22. The maximum absolute atomic E-state index is 13.2. The Morgan fingerprint density at radius 1 is 1.11 bits per heavy atom. The topological polar surface area (TPSA) is 59.2 Å². The summed E-state index contributed by atoms with van der Waals surface area (Å²) in [7, 11) is 0. The lowest BCUT2D eigenvalue weighted by Gasteiger charge is -2.17. The Labute approximate surface area is 152 Å². The maximum Gasteiger partial charge on any atom is 0.416 e. The maximum atomic E-state index is 13.2. The van der Waals surface area contributed by atoms with Crippen molar-refractivity contribution in [2.75, 3.05) is 4.90 Å². The second-order valence-corrected chi connectivity index (χ2v) is 6.22. The van der Waals surface area contributed by atoms with E-state index in [1.165, 1.54) is 23.4 Å². The van der Waals surface area contributed by atoms with Crippen LogP contribution >= 0.6 is 0 Å². The van der Waals surface area contributed by atoms with Gasteiger partial charge in [-0.1, -0.05) is 18.2 Å². The van der Waals surface area contributed by atoms with E-state index < -0.39 is 17.6 Å². The van der Waals surface area contributed by atoms with Crippen LogP contribution in [0.5, 0.6) is 0 Å². The van der Waals surface area contributed by atoms with E-state index in [0.29, 0.717) is 24.4 Å². The third kappa shape index (κ3) is 3.30. The van der Waals surface area contributed by atoms with Crippen LogP contribution in [0.15, 0.2) is 53.3 Å². The first-order valence-corrected chi connectivity index (χ1v) is 8.28. The van der Waals surface area contributed by atoms with Crippen LogP contribution in [0.25, 0.3) is 0 Å². The predicted octanol–water partition coefficient (Wildman–Crippen LogP) is 4.03. The van der Waals surface area contributed by atoms with E-state index in [1.54, 1.807) is 18.2 Å². The zero-order chi connectivity index (χ0) is 19.0. The van der Waals surface area contributed by atoms with Crippen LogP contribution in [0.2, 0.25) is 0 Å². The Balaban J connectivity index is 1.59. The van der Waals surface area contributed by atoms with Crippen LogP contribution in [0, 0.1) is 0 Å². The van der Waals surface area contributed by atoms with Gasteiger partial charge in [0.1, 0.15) is 0 Å². The van der Waals surface area contributed by atoms with Crippen molar-refractivity contribution in [3.8, 4) is 0 Å². The van der Waals surface area contributed by atoms with E-state index >= 15 is 0 Å². The number of carbonyl (C=O) groups is 1. The third-order valence-corrected chi connectivity index (χ3v) is 4.53. The molecule has 0 N–H and O–H groups in total. The SMILES string of the molecule is O=C1c2cccc(C(F)(F)F)c2CN1c1cccc(CCc2nnco2)c1. The number of aryl methyl sites for hydroxylation is 2. The number of anilines is 1. The lowest BCUT2D eigenvalue weighted by molar-refractivity contribution is -0.138. The summed E-state index contributed by atoms with van der Waals surface area (Å²) in [4.78, 5) is 14.0. The van der Waals surface area contributed by atoms with Crippen molar-refractivity contribution in [2.24, 2.45) is 0 Å². The Kier molecular flexibility index (Phi) is 4.18. The van der Waals surface area contributed by atoms with Gasteiger partial charge < -0.3 is 9.32 Å². The van der Waals surface area contributed by atoms with Gasteiger partial charge in [0.2, 0.25) is 12.3 Å². The van der Waals surface area contributed by atoms with Gasteiger partial charge in [0.15, 0.2) is 0 Å². The average molecular weight is 373 g/mol. The van der Waals surface area contributed by atoms with Crippen molar-refractivity contribution in [1.82, 2.24) is 10.2 Å². The van der Waals surface area contributed by atoms with Gasteiger partial charge in [-0.05, 0) is 41.8 Å². The van der Waals surface area contributed by atoms with Gasteiger partial charge >= 0.3 is 6.18 Å². The van der Waals surface area contributed by atoms with E-state index in [0.717, 1.165) is 11.6 Å². The summed E-state index contributed by atoms with van der Waals surface area (Å²) in [6.07, 6.45) is -2.09. The standard InChI is InChI=1S/C19H14F3N3O2/c20-19(21,22)16-6-2-5-14-15(16)10-25(18(14)26)13-4-1-3-12(9-13)7-8-17-24-23-11-27-17/h1-6,9,11H,7-8,10H2. The highest BCUT2D eigenvalue weighted by atomic mass is 19.4. The van der Waals surface area contributed by atoms with E-state index in [-0.39, 0.29) is 17.7 Å². The van der Waals surface area contributed by atoms with Crippen molar-refractivity contribution in [3.05, 3.63) is 77.0 Å². The van der Waals surface area contributed by atoms with Crippen molar-refractivity contribution < 1.29 is 22.4 Å². The lowest BCUT2D eigenvalue weighted by atomic mass is 10.0. The molecule has 0 saturated heterocycles. The molecule has 1 amide bonds. The number of rotatable bonds is 4. The molecule has 3 aromatic rings. The zero-order valence-corrected chi connectivity index (χ0v) is 14.0. The number of alkyl halides is 3. The molecular weight excluding hydrogens is 359 g/mol. The minimum atomic E-state index is -4.49. The van der Waals surface area contributed by atoms with Crippen LogP contribution in [0.4, 0.5) is 18.9 Å². The molecule has 2 aromatic carbocycles. The van der Waals surface area contributed by atoms with E-state index in [4.69, 9.17) is 4.42 Å². The van der Waals surface area contributed by atoms with Crippen molar-refractivity contribution in [3.63, 3.8) is 0 Å². The second kappa shape index (κ2) is 6.53. The first-order valence-electron chi connectivity index (χ1n) is 8.28. The van der Waals surface area contributed by atoms with Gasteiger partial charge in [0.25, 0.3) is 5.91 Å². The number of fused-ring (bicyclic) bond motifs is 1. The largest absolute Gasteiger partial charge is 0.428 e. The smallest absolute Gasteiger partial charge is 0.416 e. The molecule has 0 spiro atoms. The minimum absolute atomic E-state index is 0.0197. The van der Waals surface area contributed by atoms with Gasteiger partial charge in [-0.2, -0.15) is 13.2 Å². The monoisotopic (exact) mass is 373 g/mol. The molecule has 0 atom stereocenters. The predicted molar refractivity (Wildman–Crippen MR) is 90.1 cm³/mol.